The molecule has 2 aliphatic rings. The Morgan fingerprint density at radius 3 is 2.48 bits per heavy atom. The molecule has 1 heterocycles. The van der Waals surface area contributed by atoms with Crippen LogP contribution in [0.15, 0.2) is 24.3 Å². The Kier molecular flexibility index (Phi) is 5.74. The SMILES string of the molecule is CC(C(=O)Nc1ccccc1C(=O)N(C)C1CCCCC1)C1CNC1. The smallest absolute Gasteiger partial charge is 0.255 e. The van der Waals surface area contributed by atoms with E-state index in [-0.39, 0.29) is 17.7 Å². The fourth-order valence-corrected chi connectivity index (χ4v) is 3.73. The van der Waals surface area contributed by atoms with Crippen molar-refractivity contribution >= 4 is 17.5 Å². The molecule has 3 rings (SSSR count). The van der Waals surface area contributed by atoms with E-state index in [4.69, 9.17) is 0 Å². The fraction of sp³-hybridized carbons (Fsp3) is 0.600. The summed E-state index contributed by atoms with van der Waals surface area (Å²) >= 11 is 0. The number of hydrogen-bond donors (Lipinski definition) is 2. The highest BCUT2D eigenvalue weighted by molar-refractivity contribution is 6.04. The summed E-state index contributed by atoms with van der Waals surface area (Å²) in [5.41, 5.74) is 1.21. The monoisotopic (exact) mass is 343 g/mol. The van der Waals surface area contributed by atoms with Crippen LogP contribution < -0.4 is 10.6 Å². The minimum absolute atomic E-state index is 0.000707. The second kappa shape index (κ2) is 8.00. The molecule has 0 bridgehead atoms. The number of benzene rings is 1. The summed E-state index contributed by atoms with van der Waals surface area (Å²) in [4.78, 5) is 27.4. The second-order valence-corrected chi connectivity index (χ2v) is 7.45. The van der Waals surface area contributed by atoms with Crippen LogP contribution in [0, 0.1) is 11.8 Å². The average molecular weight is 343 g/mol. The molecule has 1 saturated heterocycles. The highest BCUT2D eigenvalue weighted by Gasteiger charge is 2.30. The standard InChI is InChI=1S/C20H29N3O2/c1-14(15-12-21-13-15)19(24)22-18-11-7-6-10-17(18)20(25)23(2)16-8-4-3-5-9-16/h6-7,10-11,14-16,21H,3-5,8-9,12-13H2,1-2H3,(H,22,24). The predicted molar refractivity (Wildman–Crippen MR) is 99.6 cm³/mol. The molecule has 1 aliphatic heterocycles. The van der Waals surface area contributed by atoms with Crippen LogP contribution in [-0.2, 0) is 4.79 Å². The van der Waals surface area contributed by atoms with Gasteiger partial charge in [0.05, 0.1) is 11.3 Å². The Morgan fingerprint density at radius 1 is 1.16 bits per heavy atom. The van der Waals surface area contributed by atoms with Crippen LogP contribution >= 0.6 is 0 Å². The Bertz CT molecular complexity index is 621. The second-order valence-electron chi connectivity index (χ2n) is 7.45. The van der Waals surface area contributed by atoms with Crippen molar-refractivity contribution in [2.24, 2.45) is 11.8 Å². The largest absolute Gasteiger partial charge is 0.339 e. The van der Waals surface area contributed by atoms with Crippen molar-refractivity contribution in [1.82, 2.24) is 10.2 Å². The summed E-state index contributed by atoms with van der Waals surface area (Å²) in [5.74, 6) is 0.320. The average Bonchev–Trinajstić information content (AvgIpc) is 2.60. The minimum atomic E-state index is -0.0551. The Morgan fingerprint density at radius 2 is 1.84 bits per heavy atom. The number of carbonyl (C=O) groups is 2. The van der Waals surface area contributed by atoms with Crippen molar-refractivity contribution in [3.05, 3.63) is 29.8 Å². The van der Waals surface area contributed by atoms with Crippen LogP contribution in [0.5, 0.6) is 0 Å². The van der Waals surface area contributed by atoms with Crippen molar-refractivity contribution in [3.63, 3.8) is 0 Å². The molecule has 0 spiro atoms. The first-order valence-electron chi connectivity index (χ1n) is 9.45. The summed E-state index contributed by atoms with van der Waals surface area (Å²) in [5, 5.41) is 6.18. The molecule has 25 heavy (non-hydrogen) atoms. The van der Waals surface area contributed by atoms with Gasteiger partial charge in [0, 0.05) is 19.0 Å². The first-order valence-corrected chi connectivity index (χ1v) is 9.45. The third kappa shape index (κ3) is 4.03. The number of anilines is 1. The molecule has 1 atom stereocenters. The summed E-state index contributed by atoms with van der Waals surface area (Å²) in [6.07, 6.45) is 5.78. The maximum Gasteiger partial charge on any atom is 0.255 e. The predicted octanol–water partition coefficient (Wildman–Crippen LogP) is 2.89. The number of nitrogens with zero attached hydrogens (tertiary/aromatic N) is 1. The van der Waals surface area contributed by atoms with Gasteiger partial charge in [0.1, 0.15) is 0 Å². The molecule has 0 aromatic heterocycles. The van der Waals surface area contributed by atoms with Crippen molar-refractivity contribution < 1.29 is 9.59 Å². The topological polar surface area (TPSA) is 61.4 Å². The van der Waals surface area contributed by atoms with Gasteiger partial charge in [-0.15, -0.1) is 0 Å². The summed E-state index contributed by atoms with van der Waals surface area (Å²) in [6.45, 7) is 3.73. The molecule has 0 radical (unpaired) electrons. The maximum atomic E-state index is 13.0. The van der Waals surface area contributed by atoms with E-state index in [0.717, 1.165) is 25.9 Å². The number of nitrogens with one attached hydrogen (secondary N) is 2. The van der Waals surface area contributed by atoms with E-state index in [1.165, 1.54) is 19.3 Å². The number of rotatable bonds is 5. The van der Waals surface area contributed by atoms with Gasteiger partial charge in [0.2, 0.25) is 5.91 Å². The van der Waals surface area contributed by atoms with Crippen LogP contribution in [0.1, 0.15) is 49.4 Å². The van der Waals surface area contributed by atoms with Crippen molar-refractivity contribution in [1.29, 1.82) is 0 Å². The van der Waals surface area contributed by atoms with E-state index < -0.39 is 0 Å². The summed E-state index contributed by atoms with van der Waals surface area (Å²) in [7, 11) is 1.89. The van der Waals surface area contributed by atoms with Crippen molar-refractivity contribution in [3.8, 4) is 0 Å². The lowest BCUT2D eigenvalue weighted by atomic mass is 9.88. The molecule has 5 nitrogen and oxygen atoms in total. The van der Waals surface area contributed by atoms with Gasteiger partial charge in [-0.1, -0.05) is 38.3 Å². The molecule has 2 fully saturated rings. The zero-order valence-electron chi connectivity index (χ0n) is 15.3. The van der Waals surface area contributed by atoms with E-state index in [1.54, 1.807) is 0 Å². The highest BCUT2D eigenvalue weighted by Crippen LogP contribution is 2.26. The summed E-state index contributed by atoms with van der Waals surface area (Å²) < 4.78 is 0. The third-order valence-electron chi connectivity index (χ3n) is 5.79. The first-order chi connectivity index (χ1) is 12.1. The Hall–Kier alpha value is -1.88. The van der Waals surface area contributed by atoms with E-state index in [1.807, 2.05) is 43.1 Å². The van der Waals surface area contributed by atoms with Gasteiger partial charge >= 0.3 is 0 Å². The molecule has 5 heteroatoms. The number of para-hydroxylation sites is 1. The molecule has 2 N–H and O–H groups in total. The molecule has 1 saturated carbocycles. The molecule has 136 valence electrons. The molecule has 1 aromatic carbocycles. The lowest BCUT2D eigenvalue weighted by Gasteiger charge is -2.33. The van der Waals surface area contributed by atoms with Gasteiger partial charge in [-0.05, 0) is 44.0 Å². The lowest BCUT2D eigenvalue weighted by Crippen LogP contribution is -2.48. The van der Waals surface area contributed by atoms with Crippen LogP contribution in [0.4, 0.5) is 5.69 Å². The molecular formula is C20H29N3O2. The van der Waals surface area contributed by atoms with Gasteiger partial charge in [-0.25, -0.2) is 0 Å². The number of carbonyl (C=O) groups excluding carboxylic acids is 2. The molecule has 2 amide bonds. The van der Waals surface area contributed by atoms with Gasteiger partial charge in [-0.3, -0.25) is 9.59 Å². The fourth-order valence-electron chi connectivity index (χ4n) is 3.73. The minimum Gasteiger partial charge on any atom is -0.339 e. The van der Waals surface area contributed by atoms with Crippen LogP contribution in [0.3, 0.4) is 0 Å². The van der Waals surface area contributed by atoms with E-state index in [9.17, 15) is 9.59 Å². The molecule has 1 aromatic rings. The van der Waals surface area contributed by atoms with Gasteiger partial charge in [0.25, 0.3) is 5.91 Å². The molecule has 1 aliphatic carbocycles. The van der Waals surface area contributed by atoms with Gasteiger partial charge in [0.15, 0.2) is 0 Å². The van der Waals surface area contributed by atoms with E-state index in [2.05, 4.69) is 10.6 Å². The quantitative estimate of drug-likeness (QED) is 0.864. The zero-order valence-corrected chi connectivity index (χ0v) is 15.3. The normalized spacial score (nSPS) is 19.8. The van der Waals surface area contributed by atoms with Gasteiger partial charge < -0.3 is 15.5 Å². The van der Waals surface area contributed by atoms with Crippen LogP contribution in [-0.4, -0.2) is 42.9 Å². The molecular weight excluding hydrogens is 314 g/mol. The Labute approximate surface area is 150 Å². The van der Waals surface area contributed by atoms with Crippen molar-refractivity contribution in [2.75, 3.05) is 25.5 Å². The number of amides is 2. The third-order valence-corrected chi connectivity index (χ3v) is 5.79. The zero-order chi connectivity index (χ0) is 17.8. The first kappa shape index (κ1) is 17.9. The van der Waals surface area contributed by atoms with E-state index in [0.29, 0.717) is 23.2 Å². The van der Waals surface area contributed by atoms with Crippen LogP contribution in [0.25, 0.3) is 0 Å². The summed E-state index contributed by atoms with van der Waals surface area (Å²) in [6, 6.07) is 7.67. The van der Waals surface area contributed by atoms with Crippen LogP contribution in [0.2, 0.25) is 0 Å². The maximum absolute atomic E-state index is 13.0. The number of hydrogen-bond acceptors (Lipinski definition) is 3. The van der Waals surface area contributed by atoms with Gasteiger partial charge in [-0.2, -0.15) is 0 Å². The highest BCUT2D eigenvalue weighted by atomic mass is 16.2. The lowest BCUT2D eigenvalue weighted by molar-refractivity contribution is -0.121. The van der Waals surface area contributed by atoms with Crippen molar-refractivity contribution in [2.45, 2.75) is 45.1 Å². The van der Waals surface area contributed by atoms with E-state index >= 15 is 0 Å². The Balaban J connectivity index is 1.71. The molecule has 1 unspecified atom stereocenters.